The number of hydrogen-bond donors (Lipinski definition) is 1. The van der Waals surface area contributed by atoms with E-state index < -0.39 is 0 Å². The molecule has 0 unspecified atom stereocenters. The van der Waals surface area contributed by atoms with E-state index in [0.29, 0.717) is 36.6 Å². The molecule has 6 nitrogen and oxygen atoms in total. The number of piperidine rings is 1. The van der Waals surface area contributed by atoms with Crippen LogP contribution in [-0.4, -0.2) is 50.6 Å². The maximum atomic E-state index is 12.7. The van der Waals surface area contributed by atoms with Gasteiger partial charge in [0.05, 0.1) is 14.2 Å². The van der Waals surface area contributed by atoms with E-state index in [-0.39, 0.29) is 17.7 Å². The van der Waals surface area contributed by atoms with E-state index in [4.69, 9.17) is 9.47 Å². The average Bonchev–Trinajstić information content (AvgIpc) is 2.77. The minimum Gasteiger partial charge on any atom is -0.497 e. The highest BCUT2D eigenvalue weighted by Gasteiger charge is 2.25. The zero-order valence-electron chi connectivity index (χ0n) is 17.5. The summed E-state index contributed by atoms with van der Waals surface area (Å²) in [5.41, 5.74) is 1.80. The van der Waals surface area contributed by atoms with Gasteiger partial charge in [-0.2, -0.15) is 0 Å². The second kappa shape index (κ2) is 10.3. The average molecular weight is 401 g/mol. The number of nitrogens with one attached hydrogen (secondary N) is 1. The van der Waals surface area contributed by atoms with Crippen molar-refractivity contribution in [1.29, 1.82) is 0 Å². The smallest absolute Gasteiger partial charge is 0.251 e. The predicted molar refractivity (Wildman–Crippen MR) is 112 cm³/mol. The summed E-state index contributed by atoms with van der Waals surface area (Å²) in [6.45, 7) is 2.10. The molecule has 1 aromatic rings. The monoisotopic (exact) mass is 400 g/mol. The Bertz CT molecular complexity index is 737. The SMILES string of the molecule is COc1cc(OC)cc(C(=O)NC[C@@H]2CCCN(C(=O)CC3=CCCCC3)C2)c1. The second-order valence-electron chi connectivity index (χ2n) is 7.94. The summed E-state index contributed by atoms with van der Waals surface area (Å²) in [6.07, 6.45) is 9.40. The number of hydrogen-bond acceptors (Lipinski definition) is 4. The van der Waals surface area contributed by atoms with Gasteiger partial charge >= 0.3 is 0 Å². The molecule has 1 saturated heterocycles. The number of carbonyl (C=O) groups is 2. The Labute approximate surface area is 173 Å². The number of amides is 2. The molecule has 1 aliphatic heterocycles. The van der Waals surface area contributed by atoms with Crippen LogP contribution in [-0.2, 0) is 4.79 Å². The van der Waals surface area contributed by atoms with E-state index in [2.05, 4.69) is 11.4 Å². The lowest BCUT2D eigenvalue weighted by atomic mass is 9.94. The zero-order valence-corrected chi connectivity index (χ0v) is 17.5. The van der Waals surface area contributed by atoms with Crippen molar-refractivity contribution in [3.8, 4) is 11.5 Å². The third-order valence-corrected chi connectivity index (χ3v) is 5.80. The Morgan fingerprint density at radius 3 is 2.52 bits per heavy atom. The Morgan fingerprint density at radius 2 is 1.86 bits per heavy atom. The van der Waals surface area contributed by atoms with Crippen LogP contribution in [0.2, 0.25) is 0 Å². The summed E-state index contributed by atoms with van der Waals surface area (Å²) < 4.78 is 10.5. The summed E-state index contributed by atoms with van der Waals surface area (Å²) in [7, 11) is 3.13. The highest BCUT2D eigenvalue weighted by Crippen LogP contribution is 2.24. The fraction of sp³-hybridized carbons (Fsp3) is 0.565. The number of carbonyl (C=O) groups excluding carboxylic acids is 2. The zero-order chi connectivity index (χ0) is 20.6. The summed E-state index contributed by atoms with van der Waals surface area (Å²) >= 11 is 0. The number of nitrogens with zero attached hydrogens (tertiary/aromatic N) is 1. The van der Waals surface area contributed by atoms with Gasteiger partial charge < -0.3 is 19.7 Å². The van der Waals surface area contributed by atoms with Crippen molar-refractivity contribution in [3.05, 3.63) is 35.4 Å². The van der Waals surface area contributed by atoms with Gasteiger partial charge in [-0.3, -0.25) is 9.59 Å². The standard InChI is InChI=1S/C23H32N2O4/c1-28-20-12-19(13-21(14-20)29-2)23(27)24-15-18-9-6-10-25(16-18)22(26)11-17-7-4-3-5-8-17/h7,12-14,18H,3-6,8-11,15-16H2,1-2H3,(H,24,27)/t18-/m0/s1. The van der Waals surface area contributed by atoms with Gasteiger partial charge in [-0.05, 0) is 56.6 Å². The number of ether oxygens (including phenoxy) is 2. The molecule has 0 bridgehead atoms. The predicted octanol–water partition coefficient (Wildman–Crippen LogP) is 3.56. The normalized spacial score (nSPS) is 19.3. The van der Waals surface area contributed by atoms with E-state index in [1.165, 1.54) is 18.4 Å². The van der Waals surface area contributed by atoms with Gasteiger partial charge in [-0.15, -0.1) is 0 Å². The Balaban J connectivity index is 1.52. The minimum atomic E-state index is -0.155. The van der Waals surface area contributed by atoms with E-state index in [0.717, 1.165) is 32.2 Å². The van der Waals surface area contributed by atoms with Crippen molar-refractivity contribution >= 4 is 11.8 Å². The summed E-state index contributed by atoms with van der Waals surface area (Å²) in [6, 6.07) is 5.14. The van der Waals surface area contributed by atoms with E-state index >= 15 is 0 Å². The summed E-state index contributed by atoms with van der Waals surface area (Å²) in [5, 5.41) is 3.01. The van der Waals surface area contributed by atoms with Gasteiger partial charge in [0.1, 0.15) is 11.5 Å². The van der Waals surface area contributed by atoms with Crippen LogP contribution in [0.5, 0.6) is 11.5 Å². The molecule has 0 radical (unpaired) electrons. The molecular weight excluding hydrogens is 368 g/mol. The molecule has 29 heavy (non-hydrogen) atoms. The van der Waals surface area contributed by atoms with Gasteiger partial charge in [-0.25, -0.2) is 0 Å². The van der Waals surface area contributed by atoms with Crippen LogP contribution in [0.1, 0.15) is 55.3 Å². The van der Waals surface area contributed by atoms with Crippen molar-refractivity contribution in [2.45, 2.75) is 44.9 Å². The summed E-state index contributed by atoms with van der Waals surface area (Å²) in [5.74, 6) is 1.52. The molecule has 1 N–H and O–H groups in total. The Morgan fingerprint density at radius 1 is 1.10 bits per heavy atom. The molecule has 2 amide bonds. The number of rotatable bonds is 7. The fourth-order valence-electron chi connectivity index (χ4n) is 4.11. The number of likely N-dealkylation sites (tertiary alicyclic amines) is 1. The first-order chi connectivity index (χ1) is 14.1. The van der Waals surface area contributed by atoms with Gasteiger partial charge in [0, 0.05) is 37.7 Å². The van der Waals surface area contributed by atoms with Gasteiger partial charge in [0.15, 0.2) is 0 Å². The van der Waals surface area contributed by atoms with E-state index in [1.54, 1.807) is 32.4 Å². The first-order valence-corrected chi connectivity index (χ1v) is 10.6. The van der Waals surface area contributed by atoms with Crippen molar-refractivity contribution in [1.82, 2.24) is 10.2 Å². The third kappa shape index (κ3) is 5.99. The molecule has 1 aromatic carbocycles. The number of benzene rings is 1. The van der Waals surface area contributed by atoms with Crippen LogP contribution in [0, 0.1) is 5.92 Å². The Hall–Kier alpha value is -2.50. The number of methoxy groups -OCH3 is 2. The van der Waals surface area contributed by atoms with Crippen LogP contribution >= 0.6 is 0 Å². The highest BCUT2D eigenvalue weighted by atomic mass is 16.5. The van der Waals surface area contributed by atoms with Gasteiger partial charge in [0.25, 0.3) is 5.91 Å². The molecule has 1 aliphatic carbocycles. The largest absolute Gasteiger partial charge is 0.497 e. The highest BCUT2D eigenvalue weighted by molar-refractivity contribution is 5.95. The van der Waals surface area contributed by atoms with Crippen LogP contribution in [0.4, 0.5) is 0 Å². The lowest BCUT2D eigenvalue weighted by Gasteiger charge is -2.33. The van der Waals surface area contributed by atoms with Crippen LogP contribution in [0.25, 0.3) is 0 Å². The summed E-state index contributed by atoms with van der Waals surface area (Å²) in [4.78, 5) is 27.3. The van der Waals surface area contributed by atoms with Crippen molar-refractivity contribution in [2.75, 3.05) is 33.9 Å². The van der Waals surface area contributed by atoms with Gasteiger partial charge in [0.2, 0.25) is 5.91 Å². The molecule has 158 valence electrons. The molecule has 1 fully saturated rings. The molecular formula is C23H32N2O4. The Kier molecular flexibility index (Phi) is 7.55. The molecule has 3 rings (SSSR count). The van der Waals surface area contributed by atoms with E-state index in [9.17, 15) is 9.59 Å². The van der Waals surface area contributed by atoms with Gasteiger partial charge in [-0.1, -0.05) is 11.6 Å². The quantitative estimate of drug-likeness (QED) is 0.711. The van der Waals surface area contributed by atoms with Crippen molar-refractivity contribution < 1.29 is 19.1 Å². The topological polar surface area (TPSA) is 67.9 Å². The van der Waals surface area contributed by atoms with E-state index in [1.807, 2.05) is 4.90 Å². The molecule has 1 heterocycles. The molecule has 1 atom stereocenters. The van der Waals surface area contributed by atoms with Crippen molar-refractivity contribution in [3.63, 3.8) is 0 Å². The second-order valence-corrected chi connectivity index (χ2v) is 7.94. The molecule has 0 saturated carbocycles. The maximum absolute atomic E-state index is 12.7. The first-order valence-electron chi connectivity index (χ1n) is 10.6. The third-order valence-electron chi connectivity index (χ3n) is 5.80. The van der Waals surface area contributed by atoms with Crippen LogP contribution in [0.15, 0.2) is 29.8 Å². The van der Waals surface area contributed by atoms with Crippen molar-refractivity contribution in [2.24, 2.45) is 5.92 Å². The van der Waals surface area contributed by atoms with Crippen LogP contribution in [0.3, 0.4) is 0 Å². The lowest BCUT2D eigenvalue weighted by Crippen LogP contribution is -2.43. The number of allylic oxidation sites excluding steroid dienone is 1. The molecule has 2 aliphatic rings. The lowest BCUT2D eigenvalue weighted by molar-refractivity contribution is -0.132. The fourth-order valence-corrected chi connectivity index (χ4v) is 4.11. The maximum Gasteiger partial charge on any atom is 0.251 e. The molecule has 0 aromatic heterocycles. The molecule has 6 heteroatoms. The first kappa shape index (κ1) is 21.2. The minimum absolute atomic E-state index is 0.155. The molecule has 0 spiro atoms. The van der Waals surface area contributed by atoms with Crippen LogP contribution < -0.4 is 14.8 Å².